The number of hydrogen-bond donors (Lipinski definition) is 1. The Labute approximate surface area is 256 Å². The largest absolute Gasteiger partial charge is 0.495 e. The number of halogens is 2. The number of rotatable bonds is 7. The van der Waals surface area contributed by atoms with Crippen LogP contribution in [0, 0.1) is 5.92 Å². The van der Waals surface area contributed by atoms with Crippen molar-refractivity contribution in [3.05, 3.63) is 75.9 Å². The van der Waals surface area contributed by atoms with Gasteiger partial charge in [0.2, 0.25) is 5.95 Å². The number of imide groups is 1. The van der Waals surface area contributed by atoms with E-state index in [-0.39, 0.29) is 24.2 Å². The van der Waals surface area contributed by atoms with Gasteiger partial charge in [0.25, 0.3) is 11.8 Å². The van der Waals surface area contributed by atoms with Crippen molar-refractivity contribution in [2.45, 2.75) is 24.9 Å². The molecule has 4 aromatic rings. The number of benzene rings is 3. The van der Waals surface area contributed by atoms with Gasteiger partial charge in [0.15, 0.2) is 0 Å². The molecule has 2 amide bonds. The molecule has 0 bridgehead atoms. The molecule has 0 unspecified atom stereocenters. The Morgan fingerprint density at radius 2 is 1.58 bits per heavy atom. The van der Waals surface area contributed by atoms with Crippen LogP contribution in [0.4, 0.5) is 5.95 Å². The van der Waals surface area contributed by atoms with Crippen LogP contribution in [0.5, 0.6) is 11.5 Å². The maximum absolute atomic E-state index is 13.3. The van der Waals surface area contributed by atoms with Crippen LogP contribution in [-0.2, 0) is 9.53 Å². The highest BCUT2D eigenvalue weighted by Crippen LogP contribution is 2.46. The zero-order chi connectivity index (χ0) is 30.4. The highest BCUT2D eigenvalue weighted by molar-refractivity contribution is 6.41. The molecule has 1 aromatic heterocycles. The highest BCUT2D eigenvalue weighted by Gasteiger charge is 2.49. The van der Waals surface area contributed by atoms with Gasteiger partial charge in [-0.2, -0.15) is 0 Å². The van der Waals surface area contributed by atoms with Crippen LogP contribution in [0.3, 0.4) is 0 Å². The van der Waals surface area contributed by atoms with E-state index in [1.165, 1.54) is 26.2 Å². The van der Waals surface area contributed by atoms with E-state index in [1.54, 1.807) is 36.5 Å². The number of amides is 2. The van der Waals surface area contributed by atoms with Crippen molar-refractivity contribution in [1.29, 1.82) is 0 Å². The number of nitrogens with one attached hydrogen (secondary N) is 1. The molecule has 220 valence electrons. The normalized spacial score (nSPS) is 19.5. The summed E-state index contributed by atoms with van der Waals surface area (Å²) in [6.45, 7) is 0. The van der Waals surface area contributed by atoms with Gasteiger partial charge < -0.3 is 19.5 Å². The molecule has 6 rings (SSSR count). The minimum atomic E-state index is -0.606. The number of ether oxygens (including phenoxy) is 3. The third-order valence-corrected chi connectivity index (χ3v) is 8.73. The van der Waals surface area contributed by atoms with Gasteiger partial charge in [0, 0.05) is 23.2 Å². The molecule has 3 atom stereocenters. The quantitative estimate of drug-likeness (QED) is 0.206. The molecule has 0 saturated heterocycles. The number of methoxy groups -OCH3 is 3. The van der Waals surface area contributed by atoms with Crippen LogP contribution >= 0.6 is 23.2 Å². The van der Waals surface area contributed by atoms with Crippen LogP contribution in [-0.4, -0.2) is 66.1 Å². The molecule has 1 saturated carbocycles. The third-order valence-electron chi connectivity index (χ3n) is 7.98. The number of esters is 1. The van der Waals surface area contributed by atoms with E-state index < -0.39 is 24.0 Å². The van der Waals surface area contributed by atoms with Gasteiger partial charge in [-0.25, -0.2) is 9.97 Å². The van der Waals surface area contributed by atoms with Gasteiger partial charge in [-0.15, -0.1) is 0 Å². The molecule has 1 N–H and O–H groups in total. The lowest BCUT2D eigenvalue weighted by Crippen LogP contribution is -2.47. The number of fused-ring (bicyclic) bond motifs is 2. The fraction of sp³-hybridized carbons (Fsp3) is 0.258. The summed E-state index contributed by atoms with van der Waals surface area (Å²) in [5, 5.41) is 4.68. The molecule has 1 aliphatic heterocycles. The Hall–Kier alpha value is -4.41. The lowest BCUT2D eigenvalue weighted by atomic mass is 10.0. The first kappa shape index (κ1) is 28.7. The van der Waals surface area contributed by atoms with Crippen molar-refractivity contribution in [2.24, 2.45) is 5.92 Å². The molecule has 2 aliphatic rings. The number of nitrogens with zero attached hydrogens (tertiary/aromatic N) is 3. The maximum atomic E-state index is 13.3. The summed E-state index contributed by atoms with van der Waals surface area (Å²) in [4.78, 5) is 49.5. The van der Waals surface area contributed by atoms with Crippen LogP contribution in [0.25, 0.3) is 22.0 Å². The lowest BCUT2D eigenvalue weighted by Gasteiger charge is -2.28. The minimum absolute atomic E-state index is 0.262. The van der Waals surface area contributed by atoms with Gasteiger partial charge in [-0.05, 0) is 42.7 Å². The molecule has 1 fully saturated rings. The summed E-state index contributed by atoms with van der Waals surface area (Å²) in [7, 11) is 4.35. The van der Waals surface area contributed by atoms with Crippen molar-refractivity contribution in [2.75, 3.05) is 26.6 Å². The highest BCUT2D eigenvalue weighted by atomic mass is 35.5. The first-order chi connectivity index (χ1) is 20.7. The number of hydrogen-bond acceptors (Lipinski definition) is 9. The Bertz CT molecular complexity index is 1730. The van der Waals surface area contributed by atoms with Crippen molar-refractivity contribution in [3.8, 4) is 22.6 Å². The fourth-order valence-corrected chi connectivity index (χ4v) is 6.61. The molecular formula is C31H26Cl2N4O6. The van der Waals surface area contributed by atoms with E-state index in [4.69, 9.17) is 37.4 Å². The van der Waals surface area contributed by atoms with E-state index in [0.717, 1.165) is 0 Å². The smallest absolute Gasteiger partial charge is 0.308 e. The van der Waals surface area contributed by atoms with Crippen molar-refractivity contribution in [3.63, 3.8) is 0 Å². The average Bonchev–Trinajstić information content (AvgIpc) is 3.54. The lowest BCUT2D eigenvalue weighted by molar-refractivity contribution is -0.145. The zero-order valence-corrected chi connectivity index (χ0v) is 24.9. The SMILES string of the molecule is COC(=O)[C@H]1C[C@@H](Nc2ncc3cc(-c4c(Cl)c(OC)cc(OC)c4Cl)ccc3n2)[C@@H](N2C(=O)c3ccccc3C2=O)C1. The molecule has 0 spiro atoms. The summed E-state index contributed by atoms with van der Waals surface area (Å²) >= 11 is 13.2. The van der Waals surface area contributed by atoms with Gasteiger partial charge in [-0.1, -0.05) is 41.4 Å². The summed E-state index contributed by atoms with van der Waals surface area (Å²) in [5.74, 6) is -0.552. The maximum Gasteiger partial charge on any atom is 0.308 e. The number of anilines is 1. The van der Waals surface area contributed by atoms with Gasteiger partial charge in [-0.3, -0.25) is 19.3 Å². The van der Waals surface area contributed by atoms with Crippen molar-refractivity contribution in [1.82, 2.24) is 14.9 Å². The van der Waals surface area contributed by atoms with Crippen LogP contribution in [0.2, 0.25) is 10.0 Å². The van der Waals surface area contributed by atoms with Crippen molar-refractivity contribution >= 4 is 57.8 Å². The summed E-state index contributed by atoms with van der Waals surface area (Å²) in [5.41, 5.74) is 2.58. The van der Waals surface area contributed by atoms with Crippen molar-refractivity contribution < 1.29 is 28.6 Å². The first-order valence-corrected chi connectivity index (χ1v) is 14.2. The Morgan fingerprint density at radius 3 is 2.19 bits per heavy atom. The number of carbonyl (C=O) groups excluding carboxylic acids is 3. The van der Waals surface area contributed by atoms with E-state index in [1.807, 2.05) is 18.2 Å². The molecule has 3 aromatic carbocycles. The van der Waals surface area contributed by atoms with Gasteiger partial charge in [0.1, 0.15) is 11.5 Å². The Balaban J connectivity index is 1.31. The third kappa shape index (κ3) is 4.90. The summed E-state index contributed by atoms with van der Waals surface area (Å²) in [6.07, 6.45) is 2.25. The first-order valence-electron chi connectivity index (χ1n) is 13.4. The number of aromatic nitrogens is 2. The molecule has 1 aliphatic carbocycles. The fourth-order valence-electron chi connectivity index (χ4n) is 5.89. The predicted octanol–water partition coefficient (Wildman–Crippen LogP) is 5.65. The monoisotopic (exact) mass is 620 g/mol. The predicted molar refractivity (Wildman–Crippen MR) is 161 cm³/mol. The second-order valence-corrected chi connectivity index (χ2v) is 11.0. The van der Waals surface area contributed by atoms with E-state index in [9.17, 15) is 14.4 Å². The van der Waals surface area contributed by atoms with E-state index in [0.29, 0.717) is 61.1 Å². The van der Waals surface area contributed by atoms with Crippen LogP contribution in [0.1, 0.15) is 33.6 Å². The molecular weight excluding hydrogens is 595 g/mol. The average molecular weight is 621 g/mol. The molecule has 0 radical (unpaired) electrons. The minimum Gasteiger partial charge on any atom is -0.495 e. The van der Waals surface area contributed by atoms with Crippen LogP contribution < -0.4 is 14.8 Å². The Morgan fingerprint density at radius 1 is 0.930 bits per heavy atom. The molecule has 10 nitrogen and oxygen atoms in total. The molecule has 43 heavy (non-hydrogen) atoms. The Kier molecular flexibility index (Phi) is 7.57. The topological polar surface area (TPSA) is 120 Å². The zero-order valence-electron chi connectivity index (χ0n) is 23.4. The molecule has 2 heterocycles. The number of carbonyl (C=O) groups is 3. The second kappa shape index (κ2) is 11.3. The van der Waals surface area contributed by atoms with Gasteiger partial charge >= 0.3 is 5.97 Å². The summed E-state index contributed by atoms with van der Waals surface area (Å²) < 4.78 is 15.8. The van der Waals surface area contributed by atoms with E-state index >= 15 is 0 Å². The van der Waals surface area contributed by atoms with Crippen LogP contribution in [0.15, 0.2) is 54.7 Å². The standard InChI is InChI=1S/C31H26Cl2N4O6/c1-41-23-13-24(42-2)27(33)25(26(23)32)15-8-9-20-17(10-15)14-34-31(35-20)36-21-11-16(30(40)43-3)12-22(21)37-28(38)18-6-4-5-7-19(18)29(37)39/h4-10,13-14,16,21-22H,11-12H2,1-3H3,(H,34,35,36)/t16-,21+,22-/m0/s1. The van der Waals surface area contributed by atoms with Gasteiger partial charge in [0.05, 0.1) is 66.0 Å². The summed E-state index contributed by atoms with van der Waals surface area (Å²) in [6, 6.07) is 12.7. The second-order valence-electron chi connectivity index (χ2n) is 10.3. The molecule has 12 heteroatoms. The van der Waals surface area contributed by atoms with E-state index in [2.05, 4.69) is 15.3 Å².